The summed E-state index contributed by atoms with van der Waals surface area (Å²) >= 11 is 0. The molecule has 180 valence electrons. The molecule has 0 spiro atoms. The van der Waals surface area contributed by atoms with Crippen LogP contribution in [0.5, 0.6) is 0 Å². The van der Waals surface area contributed by atoms with Gasteiger partial charge in [-0.3, -0.25) is 0 Å². The minimum absolute atomic E-state index is 0.0758. The van der Waals surface area contributed by atoms with Gasteiger partial charge in [0.25, 0.3) is 0 Å². The van der Waals surface area contributed by atoms with Gasteiger partial charge in [-0.15, -0.1) is 0 Å². The molecule has 0 saturated carbocycles. The third-order valence-corrected chi connectivity index (χ3v) is 8.25. The summed E-state index contributed by atoms with van der Waals surface area (Å²) in [6.45, 7) is 4.68. The number of benzene rings is 5. The van der Waals surface area contributed by atoms with Crippen LogP contribution < -0.4 is 4.57 Å². The molecule has 5 aromatic carbocycles. The monoisotopic (exact) mass is 488 g/mol. The first-order valence-electron chi connectivity index (χ1n) is 13.2. The van der Waals surface area contributed by atoms with Crippen LogP contribution in [0, 0.1) is 0 Å². The Morgan fingerprint density at radius 2 is 1.39 bits per heavy atom. The highest BCUT2D eigenvalue weighted by Crippen LogP contribution is 2.52. The number of nitrogens with zero attached hydrogens (tertiary/aromatic N) is 3. The van der Waals surface area contributed by atoms with Gasteiger partial charge in [0.1, 0.15) is 16.7 Å². The predicted molar refractivity (Wildman–Crippen MR) is 155 cm³/mol. The van der Waals surface area contributed by atoms with Crippen molar-refractivity contribution >= 4 is 32.7 Å². The minimum atomic E-state index is -0.0758. The molecular formula is C35H26N3+. The first-order chi connectivity index (χ1) is 18.6. The van der Waals surface area contributed by atoms with E-state index in [0.717, 1.165) is 28.1 Å². The molecule has 0 aliphatic heterocycles. The second-order valence-corrected chi connectivity index (χ2v) is 10.7. The number of para-hydroxylation sites is 3. The molecule has 1 aliphatic carbocycles. The molecule has 0 bridgehead atoms. The van der Waals surface area contributed by atoms with Gasteiger partial charge in [0.2, 0.25) is 0 Å². The Bertz CT molecular complexity index is 2050. The van der Waals surface area contributed by atoms with Crippen molar-refractivity contribution < 1.29 is 4.57 Å². The van der Waals surface area contributed by atoms with Crippen LogP contribution in [0.3, 0.4) is 0 Å². The number of hydrogen-bond acceptors (Lipinski definition) is 1. The van der Waals surface area contributed by atoms with Crippen molar-refractivity contribution in [3.05, 3.63) is 133 Å². The van der Waals surface area contributed by atoms with E-state index < -0.39 is 0 Å². The Morgan fingerprint density at radius 1 is 0.658 bits per heavy atom. The fraction of sp³-hybridized carbons (Fsp3) is 0.0857. The van der Waals surface area contributed by atoms with Crippen molar-refractivity contribution in [2.24, 2.45) is 0 Å². The zero-order valence-corrected chi connectivity index (χ0v) is 21.4. The second-order valence-electron chi connectivity index (χ2n) is 10.7. The van der Waals surface area contributed by atoms with Gasteiger partial charge in [0, 0.05) is 27.1 Å². The number of hydrogen-bond donors (Lipinski definition) is 0. The molecule has 0 fully saturated rings. The minimum Gasteiger partial charge on any atom is -0.201 e. The molecule has 2 heterocycles. The van der Waals surface area contributed by atoms with Crippen molar-refractivity contribution in [3.63, 3.8) is 0 Å². The molecule has 2 aromatic heterocycles. The Kier molecular flexibility index (Phi) is 4.28. The summed E-state index contributed by atoms with van der Waals surface area (Å²) in [6.07, 6.45) is 2.22. The van der Waals surface area contributed by atoms with Crippen molar-refractivity contribution in [1.29, 1.82) is 0 Å². The van der Waals surface area contributed by atoms with Gasteiger partial charge in [-0.2, -0.15) is 4.57 Å². The maximum Gasteiger partial charge on any atom is 0.409 e. The summed E-state index contributed by atoms with van der Waals surface area (Å²) < 4.78 is 4.63. The van der Waals surface area contributed by atoms with Crippen LogP contribution in [0.15, 0.2) is 121 Å². The fourth-order valence-electron chi connectivity index (χ4n) is 6.44. The summed E-state index contributed by atoms with van der Waals surface area (Å²) in [7, 11) is 0. The Hall–Kier alpha value is -4.76. The Balaban J connectivity index is 1.60. The lowest BCUT2D eigenvalue weighted by atomic mass is 9.82. The van der Waals surface area contributed by atoms with Crippen LogP contribution in [-0.4, -0.2) is 9.55 Å². The zero-order valence-electron chi connectivity index (χ0n) is 21.4. The zero-order chi connectivity index (χ0) is 25.4. The maximum absolute atomic E-state index is 5.34. The molecule has 3 nitrogen and oxygen atoms in total. The lowest BCUT2D eigenvalue weighted by molar-refractivity contribution is -0.591. The Labute approximate surface area is 221 Å². The average molecular weight is 489 g/mol. The Morgan fingerprint density at radius 3 is 2.29 bits per heavy atom. The quantitative estimate of drug-likeness (QED) is 0.227. The topological polar surface area (TPSA) is 21.7 Å². The van der Waals surface area contributed by atoms with E-state index >= 15 is 0 Å². The molecule has 0 unspecified atom stereocenters. The van der Waals surface area contributed by atoms with Crippen LogP contribution in [0.4, 0.5) is 0 Å². The molecule has 0 N–H and O–H groups in total. The number of aromatic nitrogens is 3. The summed E-state index contributed by atoms with van der Waals surface area (Å²) in [6, 6.07) is 41.2. The SMILES string of the molecule is CC1(C)c2ccccc2-c2c1ccc1c3ccccc3n(-c3nc4ccccc4c[n+]3-c3ccccc3)c21. The van der Waals surface area contributed by atoms with E-state index in [4.69, 9.17) is 4.98 Å². The van der Waals surface area contributed by atoms with E-state index in [-0.39, 0.29) is 5.41 Å². The largest absolute Gasteiger partial charge is 0.409 e. The van der Waals surface area contributed by atoms with E-state index in [0.29, 0.717) is 0 Å². The lowest BCUT2D eigenvalue weighted by Gasteiger charge is -2.21. The third-order valence-electron chi connectivity index (χ3n) is 8.25. The van der Waals surface area contributed by atoms with Crippen LogP contribution in [0.2, 0.25) is 0 Å². The van der Waals surface area contributed by atoms with Crippen molar-refractivity contribution in [2.75, 3.05) is 0 Å². The molecule has 0 saturated heterocycles. The van der Waals surface area contributed by atoms with Gasteiger partial charge in [-0.25, -0.2) is 4.57 Å². The number of fused-ring (bicyclic) bond motifs is 8. The van der Waals surface area contributed by atoms with Crippen LogP contribution >= 0.6 is 0 Å². The highest BCUT2D eigenvalue weighted by molar-refractivity contribution is 6.15. The van der Waals surface area contributed by atoms with E-state index in [1.54, 1.807) is 0 Å². The van der Waals surface area contributed by atoms with Gasteiger partial charge in [-0.1, -0.05) is 104 Å². The highest BCUT2D eigenvalue weighted by atomic mass is 15.2. The van der Waals surface area contributed by atoms with E-state index in [9.17, 15) is 0 Å². The van der Waals surface area contributed by atoms with Crippen LogP contribution in [-0.2, 0) is 5.41 Å². The predicted octanol–water partition coefficient (Wildman–Crippen LogP) is 7.91. The molecule has 38 heavy (non-hydrogen) atoms. The second kappa shape index (κ2) is 7.62. The standard InChI is InChI=1S/C35H26N3/c1-35(2)28-17-9-7-16-27(28)32-29(35)21-20-26-25-15-8-11-19-31(25)38(33(26)32)34-36-30-18-10-6-12-23(30)22-37(34)24-13-4-3-5-14-24/h3-22H,1-2H3/q+1. The average Bonchev–Trinajstić information content (AvgIpc) is 3.42. The summed E-state index contributed by atoms with van der Waals surface area (Å²) in [5.41, 5.74) is 9.73. The van der Waals surface area contributed by atoms with E-state index in [1.807, 2.05) is 0 Å². The molecule has 3 heteroatoms. The molecule has 8 rings (SSSR count). The maximum atomic E-state index is 5.34. The van der Waals surface area contributed by atoms with Crippen molar-refractivity contribution in [1.82, 2.24) is 9.55 Å². The number of rotatable bonds is 2. The molecule has 0 amide bonds. The first kappa shape index (κ1) is 21.3. The van der Waals surface area contributed by atoms with Crippen molar-refractivity contribution in [2.45, 2.75) is 19.3 Å². The fourth-order valence-corrected chi connectivity index (χ4v) is 6.44. The van der Waals surface area contributed by atoms with Gasteiger partial charge in [-0.05, 0) is 47.0 Å². The highest BCUT2D eigenvalue weighted by Gasteiger charge is 2.39. The first-order valence-corrected chi connectivity index (χ1v) is 13.2. The van der Waals surface area contributed by atoms with Crippen molar-refractivity contribution in [3.8, 4) is 22.8 Å². The van der Waals surface area contributed by atoms with Gasteiger partial charge < -0.3 is 0 Å². The van der Waals surface area contributed by atoms with Crippen LogP contribution in [0.1, 0.15) is 25.0 Å². The molecule has 1 aliphatic rings. The van der Waals surface area contributed by atoms with Crippen LogP contribution in [0.25, 0.3) is 55.5 Å². The van der Waals surface area contributed by atoms with Gasteiger partial charge in [0.15, 0.2) is 5.52 Å². The molecular weight excluding hydrogens is 462 g/mol. The van der Waals surface area contributed by atoms with E-state index in [1.165, 1.54) is 38.5 Å². The van der Waals surface area contributed by atoms with Gasteiger partial charge >= 0.3 is 5.95 Å². The van der Waals surface area contributed by atoms with E-state index in [2.05, 4.69) is 144 Å². The molecule has 7 aromatic rings. The summed E-state index contributed by atoms with van der Waals surface area (Å²) in [5.74, 6) is 0.886. The summed E-state index contributed by atoms with van der Waals surface area (Å²) in [5, 5.41) is 3.60. The molecule has 0 radical (unpaired) electrons. The normalized spacial score (nSPS) is 13.7. The molecule has 0 atom stereocenters. The summed E-state index contributed by atoms with van der Waals surface area (Å²) in [4.78, 5) is 5.34. The lowest BCUT2D eigenvalue weighted by Crippen LogP contribution is -2.37. The van der Waals surface area contributed by atoms with Gasteiger partial charge in [0.05, 0.1) is 6.20 Å². The third kappa shape index (κ3) is 2.79. The smallest absolute Gasteiger partial charge is 0.201 e.